The average Bonchev–Trinajstić information content (AvgIpc) is 2.64. The summed E-state index contributed by atoms with van der Waals surface area (Å²) >= 11 is 0. The number of sulfonamides is 1. The quantitative estimate of drug-likeness (QED) is 0.745. The first-order valence-corrected chi connectivity index (χ1v) is 9.83. The van der Waals surface area contributed by atoms with Crippen LogP contribution in [0.15, 0.2) is 47.4 Å². The number of rotatable bonds is 8. The van der Waals surface area contributed by atoms with Gasteiger partial charge in [-0.15, -0.1) is 0 Å². The molecule has 0 fully saturated rings. The van der Waals surface area contributed by atoms with Crippen LogP contribution >= 0.6 is 0 Å². The number of amides is 1. The summed E-state index contributed by atoms with van der Waals surface area (Å²) < 4.78 is 37.9. The third kappa shape index (κ3) is 5.21. The minimum Gasteiger partial charge on any atom is -0.497 e. The summed E-state index contributed by atoms with van der Waals surface area (Å²) in [7, 11) is -0.606. The van der Waals surface area contributed by atoms with Gasteiger partial charge in [-0.05, 0) is 55.0 Å². The van der Waals surface area contributed by atoms with Gasteiger partial charge in [0, 0.05) is 25.7 Å². The van der Waals surface area contributed by atoms with Gasteiger partial charge < -0.3 is 14.4 Å². The molecule has 7 nitrogen and oxygen atoms in total. The molecule has 1 amide bonds. The maximum Gasteiger partial charge on any atom is 0.240 e. The lowest BCUT2D eigenvalue weighted by Gasteiger charge is -2.22. The Hall–Kier alpha value is -2.58. The largest absolute Gasteiger partial charge is 0.497 e. The molecule has 2 rings (SSSR count). The Morgan fingerprint density at radius 1 is 1.04 bits per heavy atom. The minimum absolute atomic E-state index is 0.0827. The van der Waals surface area contributed by atoms with E-state index in [2.05, 4.69) is 4.72 Å². The summed E-state index contributed by atoms with van der Waals surface area (Å²) in [4.78, 5) is 13.6. The lowest BCUT2D eigenvalue weighted by Crippen LogP contribution is -2.37. The molecule has 0 heterocycles. The first-order valence-electron chi connectivity index (χ1n) is 8.35. The molecule has 0 aromatic heterocycles. The Labute approximate surface area is 160 Å². The number of anilines is 1. The molecule has 0 spiro atoms. The van der Waals surface area contributed by atoms with Crippen LogP contribution in [0.1, 0.15) is 12.5 Å². The summed E-state index contributed by atoms with van der Waals surface area (Å²) in [6.45, 7) is 3.43. The fourth-order valence-corrected chi connectivity index (χ4v) is 3.90. The molecule has 1 N–H and O–H groups in total. The zero-order valence-electron chi connectivity index (χ0n) is 15.9. The van der Waals surface area contributed by atoms with E-state index in [0.717, 1.165) is 0 Å². The fourth-order valence-electron chi connectivity index (χ4n) is 2.65. The van der Waals surface area contributed by atoms with Gasteiger partial charge in [-0.1, -0.05) is 0 Å². The molecule has 8 heteroatoms. The van der Waals surface area contributed by atoms with Crippen molar-refractivity contribution >= 4 is 21.6 Å². The highest BCUT2D eigenvalue weighted by atomic mass is 32.2. The molecule has 0 radical (unpaired) electrons. The Morgan fingerprint density at radius 2 is 1.63 bits per heavy atom. The minimum atomic E-state index is -3.69. The second kappa shape index (κ2) is 8.88. The van der Waals surface area contributed by atoms with Crippen LogP contribution in [0.3, 0.4) is 0 Å². The molecule has 27 heavy (non-hydrogen) atoms. The summed E-state index contributed by atoms with van der Waals surface area (Å²) in [5, 5.41) is 0. The van der Waals surface area contributed by atoms with Crippen LogP contribution in [0.5, 0.6) is 11.5 Å². The molecule has 0 bridgehead atoms. The van der Waals surface area contributed by atoms with Crippen molar-refractivity contribution in [2.24, 2.45) is 0 Å². The summed E-state index contributed by atoms with van der Waals surface area (Å²) in [6, 6.07) is 11.8. The maximum atomic E-state index is 12.6. The van der Waals surface area contributed by atoms with Crippen LogP contribution in [-0.4, -0.2) is 41.6 Å². The van der Waals surface area contributed by atoms with Gasteiger partial charge in [0.25, 0.3) is 0 Å². The molecule has 0 saturated carbocycles. The van der Waals surface area contributed by atoms with Gasteiger partial charge in [-0.3, -0.25) is 4.79 Å². The number of hydrogen-bond donors (Lipinski definition) is 1. The van der Waals surface area contributed by atoms with E-state index in [-0.39, 0.29) is 23.9 Å². The molecule has 0 aliphatic rings. The Kier molecular flexibility index (Phi) is 6.81. The number of aryl methyl sites for hydroxylation is 1. The molecule has 2 aromatic rings. The zero-order valence-corrected chi connectivity index (χ0v) is 16.7. The van der Waals surface area contributed by atoms with Crippen LogP contribution in [0.25, 0.3) is 0 Å². The molecular weight excluding hydrogens is 368 g/mol. The van der Waals surface area contributed by atoms with Gasteiger partial charge in [-0.2, -0.15) is 0 Å². The van der Waals surface area contributed by atoms with Gasteiger partial charge in [0.2, 0.25) is 15.9 Å². The van der Waals surface area contributed by atoms with Crippen molar-refractivity contribution in [1.82, 2.24) is 4.72 Å². The van der Waals surface area contributed by atoms with Crippen molar-refractivity contribution in [3.63, 3.8) is 0 Å². The Bertz CT molecular complexity index is 895. The monoisotopic (exact) mass is 392 g/mol. The van der Waals surface area contributed by atoms with Gasteiger partial charge in [0.05, 0.1) is 19.1 Å². The number of carbonyl (C=O) groups excluding carboxylic acids is 1. The van der Waals surface area contributed by atoms with Crippen molar-refractivity contribution < 1.29 is 22.7 Å². The molecule has 146 valence electrons. The molecule has 0 unspecified atom stereocenters. The number of ether oxygens (including phenoxy) is 2. The van der Waals surface area contributed by atoms with Gasteiger partial charge in [0.15, 0.2) is 0 Å². The molecule has 0 aliphatic carbocycles. The van der Waals surface area contributed by atoms with Crippen molar-refractivity contribution in [3.8, 4) is 11.5 Å². The van der Waals surface area contributed by atoms with E-state index >= 15 is 0 Å². The van der Waals surface area contributed by atoms with Crippen LogP contribution < -0.4 is 19.1 Å². The lowest BCUT2D eigenvalue weighted by molar-refractivity contribution is -0.116. The van der Waals surface area contributed by atoms with E-state index in [0.29, 0.717) is 22.7 Å². The molecule has 0 atom stereocenters. The van der Waals surface area contributed by atoms with E-state index < -0.39 is 10.0 Å². The normalized spacial score (nSPS) is 11.1. The summed E-state index contributed by atoms with van der Waals surface area (Å²) in [6.07, 6.45) is 0. The predicted octanol–water partition coefficient (Wildman–Crippen LogP) is 2.34. The van der Waals surface area contributed by atoms with E-state index in [1.54, 1.807) is 50.4 Å². The van der Waals surface area contributed by atoms with Crippen molar-refractivity contribution in [3.05, 3.63) is 48.0 Å². The summed E-state index contributed by atoms with van der Waals surface area (Å²) in [5.74, 6) is 1.09. The highest BCUT2D eigenvalue weighted by Gasteiger charge is 2.18. The number of benzene rings is 2. The van der Waals surface area contributed by atoms with Crippen LogP contribution in [0, 0.1) is 6.92 Å². The number of carbonyl (C=O) groups is 1. The van der Waals surface area contributed by atoms with E-state index in [1.165, 1.54) is 25.0 Å². The fraction of sp³-hybridized carbons (Fsp3) is 0.316. The maximum absolute atomic E-state index is 12.6. The average molecular weight is 392 g/mol. The number of nitrogens with zero attached hydrogens (tertiary/aromatic N) is 1. The molecule has 0 aliphatic heterocycles. The van der Waals surface area contributed by atoms with E-state index in [4.69, 9.17) is 9.47 Å². The van der Waals surface area contributed by atoms with Gasteiger partial charge in [0.1, 0.15) is 11.5 Å². The molecule has 2 aromatic carbocycles. The van der Waals surface area contributed by atoms with Crippen molar-refractivity contribution in [2.45, 2.75) is 18.7 Å². The second-order valence-electron chi connectivity index (χ2n) is 5.90. The van der Waals surface area contributed by atoms with Gasteiger partial charge >= 0.3 is 0 Å². The first kappa shape index (κ1) is 20.7. The smallest absolute Gasteiger partial charge is 0.240 e. The Balaban J connectivity index is 2.08. The zero-order chi connectivity index (χ0) is 20.0. The topological polar surface area (TPSA) is 84.9 Å². The third-order valence-corrected chi connectivity index (χ3v) is 5.68. The SMILES string of the molecule is COc1ccc(N(CCNS(=O)(=O)c2ccc(OC)cc2C)C(C)=O)cc1. The predicted molar refractivity (Wildman–Crippen MR) is 104 cm³/mol. The van der Waals surface area contributed by atoms with E-state index in [1.807, 2.05) is 0 Å². The summed E-state index contributed by atoms with van der Waals surface area (Å²) in [5.41, 5.74) is 1.25. The lowest BCUT2D eigenvalue weighted by atomic mass is 10.2. The van der Waals surface area contributed by atoms with Crippen molar-refractivity contribution in [2.75, 3.05) is 32.2 Å². The highest BCUT2D eigenvalue weighted by molar-refractivity contribution is 7.89. The van der Waals surface area contributed by atoms with Crippen molar-refractivity contribution in [1.29, 1.82) is 0 Å². The van der Waals surface area contributed by atoms with Crippen LogP contribution in [0.4, 0.5) is 5.69 Å². The molecule has 0 saturated heterocycles. The van der Waals surface area contributed by atoms with Crippen LogP contribution in [-0.2, 0) is 14.8 Å². The van der Waals surface area contributed by atoms with Gasteiger partial charge in [-0.25, -0.2) is 13.1 Å². The van der Waals surface area contributed by atoms with E-state index in [9.17, 15) is 13.2 Å². The Morgan fingerprint density at radius 3 is 2.15 bits per heavy atom. The highest BCUT2D eigenvalue weighted by Crippen LogP contribution is 2.21. The van der Waals surface area contributed by atoms with Crippen LogP contribution in [0.2, 0.25) is 0 Å². The second-order valence-corrected chi connectivity index (χ2v) is 7.63. The standard InChI is InChI=1S/C19H24N2O5S/c1-14-13-18(26-4)9-10-19(14)27(23,24)20-11-12-21(15(2)22)16-5-7-17(25-3)8-6-16/h5-10,13,20H,11-12H2,1-4H3. The number of nitrogens with one attached hydrogen (secondary N) is 1. The number of methoxy groups -OCH3 is 2. The first-order chi connectivity index (χ1) is 12.8. The number of hydrogen-bond acceptors (Lipinski definition) is 5. The third-order valence-electron chi connectivity index (χ3n) is 4.06. The molecular formula is C19H24N2O5S.